The van der Waals surface area contributed by atoms with E-state index in [2.05, 4.69) is 40.5 Å². The van der Waals surface area contributed by atoms with Gasteiger partial charge in [0.05, 0.1) is 0 Å². The van der Waals surface area contributed by atoms with Gasteiger partial charge in [0.15, 0.2) is 0 Å². The van der Waals surface area contributed by atoms with Crippen LogP contribution in [0.1, 0.15) is 5.56 Å². The molecule has 0 fully saturated rings. The van der Waals surface area contributed by atoms with Gasteiger partial charge in [-0.25, -0.2) is 0 Å². The summed E-state index contributed by atoms with van der Waals surface area (Å²) in [6.07, 6.45) is 4.34. The highest BCUT2D eigenvalue weighted by molar-refractivity contribution is 5.74. The molecule has 1 aliphatic heterocycles. The Morgan fingerprint density at radius 1 is 1.14 bits per heavy atom. The Bertz CT molecular complexity index is 798. The number of ether oxygens (including phenoxy) is 1. The summed E-state index contributed by atoms with van der Waals surface area (Å²) in [4.78, 5) is 0. The topological polar surface area (TPSA) is 66.0 Å². The van der Waals surface area contributed by atoms with Crippen LogP contribution in [0.3, 0.4) is 0 Å². The van der Waals surface area contributed by atoms with Crippen molar-refractivity contribution in [3.8, 4) is 22.6 Å². The number of aromatic nitrogens is 3. The molecular weight excluding hydrogens is 276 g/mol. The lowest BCUT2D eigenvalue weighted by Gasteiger charge is -2.12. The molecule has 5 nitrogen and oxygen atoms in total. The van der Waals surface area contributed by atoms with Crippen molar-refractivity contribution >= 4 is 0 Å². The minimum atomic E-state index is 0.0807. The lowest BCUT2D eigenvalue weighted by atomic mass is 10.00. The van der Waals surface area contributed by atoms with E-state index < -0.39 is 0 Å². The molecule has 0 saturated heterocycles. The Labute approximate surface area is 128 Å². The molecule has 0 bridgehead atoms. The van der Waals surface area contributed by atoms with E-state index in [0.717, 1.165) is 29.0 Å². The van der Waals surface area contributed by atoms with Crippen LogP contribution in [-0.2, 0) is 6.42 Å². The molecule has 0 saturated carbocycles. The number of para-hydroxylation sites is 1. The van der Waals surface area contributed by atoms with Crippen LogP contribution in [0, 0.1) is 0 Å². The fourth-order valence-corrected chi connectivity index (χ4v) is 2.87. The zero-order valence-corrected chi connectivity index (χ0v) is 12.0. The molecule has 2 heterocycles. The Balaban J connectivity index is 1.78. The number of fused-ring (bicyclic) bond motifs is 1. The zero-order valence-electron chi connectivity index (χ0n) is 12.0. The van der Waals surface area contributed by atoms with Crippen LogP contribution in [0.15, 0.2) is 55.1 Å². The highest BCUT2D eigenvalue weighted by atomic mass is 16.5. The van der Waals surface area contributed by atoms with Crippen molar-refractivity contribution in [3.05, 3.63) is 60.7 Å². The summed E-state index contributed by atoms with van der Waals surface area (Å²) >= 11 is 0. The Morgan fingerprint density at radius 3 is 2.77 bits per heavy atom. The average molecular weight is 292 g/mol. The maximum absolute atomic E-state index is 6.02. The van der Waals surface area contributed by atoms with Gasteiger partial charge in [-0.2, -0.15) is 0 Å². The quantitative estimate of drug-likeness (QED) is 0.803. The van der Waals surface area contributed by atoms with Crippen LogP contribution in [0.4, 0.5) is 0 Å². The van der Waals surface area contributed by atoms with Crippen LogP contribution in [-0.4, -0.2) is 27.4 Å². The first kappa shape index (κ1) is 13.0. The first-order valence-corrected chi connectivity index (χ1v) is 7.29. The minimum Gasteiger partial charge on any atom is -0.488 e. The molecule has 3 aromatic rings. The van der Waals surface area contributed by atoms with Crippen LogP contribution in [0.25, 0.3) is 16.8 Å². The summed E-state index contributed by atoms with van der Waals surface area (Å²) in [6, 6.07) is 14.5. The summed E-state index contributed by atoms with van der Waals surface area (Å²) in [7, 11) is 0. The van der Waals surface area contributed by atoms with E-state index in [9.17, 15) is 0 Å². The van der Waals surface area contributed by atoms with Crippen molar-refractivity contribution in [1.29, 1.82) is 0 Å². The molecule has 0 spiro atoms. The molecule has 0 amide bonds. The van der Waals surface area contributed by atoms with Crippen molar-refractivity contribution in [2.45, 2.75) is 12.5 Å². The SMILES string of the molecule is NCC1Cc2cccc(-c3cccc(-n4cnnc4)c3)c2O1. The number of benzene rings is 2. The van der Waals surface area contributed by atoms with Gasteiger partial charge >= 0.3 is 0 Å². The van der Waals surface area contributed by atoms with Crippen molar-refractivity contribution in [1.82, 2.24) is 14.8 Å². The van der Waals surface area contributed by atoms with Gasteiger partial charge in [0.25, 0.3) is 0 Å². The Morgan fingerprint density at radius 2 is 1.95 bits per heavy atom. The molecule has 0 radical (unpaired) electrons. The lowest BCUT2D eigenvalue weighted by Crippen LogP contribution is -2.24. The van der Waals surface area contributed by atoms with Crippen molar-refractivity contribution in [2.24, 2.45) is 5.73 Å². The second-order valence-corrected chi connectivity index (χ2v) is 5.39. The summed E-state index contributed by atoms with van der Waals surface area (Å²) in [6.45, 7) is 0.537. The molecule has 4 rings (SSSR count). The predicted octanol–water partition coefficient (Wildman–Crippen LogP) is 2.20. The van der Waals surface area contributed by atoms with Gasteiger partial charge in [-0.15, -0.1) is 10.2 Å². The molecule has 1 unspecified atom stereocenters. The molecule has 2 N–H and O–H groups in total. The lowest BCUT2D eigenvalue weighted by molar-refractivity contribution is 0.242. The van der Waals surface area contributed by atoms with Crippen LogP contribution >= 0.6 is 0 Å². The van der Waals surface area contributed by atoms with Crippen molar-refractivity contribution in [2.75, 3.05) is 6.54 Å². The largest absolute Gasteiger partial charge is 0.488 e. The molecule has 2 aromatic carbocycles. The number of nitrogens with zero attached hydrogens (tertiary/aromatic N) is 3. The summed E-state index contributed by atoms with van der Waals surface area (Å²) in [5, 5.41) is 7.71. The van der Waals surface area contributed by atoms with E-state index in [1.807, 2.05) is 16.7 Å². The van der Waals surface area contributed by atoms with Crippen molar-refractivity contribution < 1.29 is 4.74 Å². The fourth-order valence-electron chi connectivity index (χ4n) is 2.87. The molecular formula is C17H16N4O. The smallest absolute Gasteiger partial charge is 0.130 e. The molecule has 1 aromatic heterocycles. The van der Waals surface area contributed by atoms with Crippen molar-refractivity contribution in [3.63, 3.8) is 0 Å². The predicted molar refractivity (Wildman–Crippen MR) is 84.0 cm³/mol. The standard InChI is InChI=1S/C17H16N4O/c18-9-15-8-13-4-2-6-16(17(13)22-15)12-3-1-5-14(7-12)21-10-19-20-11-21/h1-7,10-11,15H,8-9,18H2. The summed E-state index contributed by atoms with van der Waals surface area (Å²) in [5.41, 5.74) is 10.2. The van der Waals surface area contributed by atoms with Gasteiger partial charge in [0, 0.05) is 24.2 Å². The second-order valence-electron chi connectivity index (χ2n) is 5.39. The highest BCUT2D eigenvalue weighted by Gasteiger charge is 2.24. The second kappa shape index (κ2) is 5.27. The van der Waals surface area contributed by atoms with E-state index in [0.29, 0.717) is 6.54 Å². The molecule has 22 heavy (non-hydrogen) atoms. The van der Waals surface area contributed by atoms with Gasteiger partial charge in [-0.05, 0) is 23.3 Å². The molecule has 5 heteroatoms. The van der Waals surface area contributed by atoms with Crippen LogP contribution in [0.2, 0.25) is 0 Å². The minimum absolute atomic E-state index is 0.0807. The number of rotatable bonds is 3. The van der Waals surface area contributed by atoms with Crippen LogP contribution < -0.4 is 10.5 Å². The third kappa shape index (κ3) is 2.16. The third-order valence-electron chi connectivity index (χ3n) is 3.97. The van der Waals surface area contributed by atoms with Gasteiger partial charge in [0.2, 0.25) is 0 Å². The van der Waals surface area contributed by atoms with Gasteiger partial charge in [0.1, 0.15) is 24.5 Å². The van der Waals surface area contributed by atoms with Gasteiger partial charge in [-0.1, -0.05) is 30.3 Å². The molecule has 110 valence electrons. The number of hydrogen-bond acceptors (Lipinski definition) is 4. The van der Waals surface area contributed by atoms with E-state index in [4.69, 9.17) is 10.5 Å². The molecule has 1 aliphatic rings. The van der Waals surface area contributed by atoms with E-state index >= 15 is 0 Å². The molecule has 1 atom stereocenters. The summed E-state index contributed by atoms with van der Waals surface area (Å²) < 4.78 is 7.90. The van der Waals surface area contributed by atoms with E-state index in [-0.39, 0.29) is 6.10 Å². The van der Waals surface area contributed by atoms with Crippen LogP contribution in [0.5, 0.6) is 5.75 Å². The maximum Gasteiger partial charge on any atom is 0.130 e. The normalized spacial score (nSPS) is 16.3. The average Bonchev–Trinajstić information content (AvgIpc) is 3.23. The van der Waals surface area contributed by atoms with Gasteiger partial charge < -0.3 is 10.5 Å². The highest BCUT2D eigenvalue weighted by Crippen LogP contribution is 2.38. The van der Waals surface area contributed by atoms with E-state index in [1.54, 1.807) is 12.7 Å². The Kier molecular flexibility index (Phi) is 3.12. The maximum atomic E-state index is 6.02. The molecule has 0 aliphatic carbocycles. The van der Waals surface area contributed by atoms with Gasteiger partial charge in [-0.3, -0.25) is 4.57 Å². The zero-order chi connectivity index (χ0) is 14.9. The monoisotopic (exact) mass is 292 g/mol. The van der Waals surface area contributed by atoms with E-state index in [1.165, 1.54) is 5.56 Å². The Hall–Kier alpha value is -2.66. The summed E-state index contributed by atoms with van der Waals surface area (Å²) in [5.74, 6) is 0.957. The first-order chi connectivity index (χ1) is 10.8. The first-order valence-electron chi connectivity index (χ1n) is 7.29. The fraction of sp³-hybridized carbons (Fsp3) is 0.176. The number of nitrogens with two attached hydrogens (primary N) is 1. The third-order valence-corrected chi connectivity index (χ3v) is 3.97. The number of hydrogen-bond donors (Lipinski definition) is 1.